The van der Waals surface area contributed by atoms with Gasteiger partial charge in [0, 0.05) is 45.2 Å². The van der Waals surface area contributed by atoms with Crippen molar-refractivity contribution in [2.45, 2.75) is 18.9 Å². The Hall–Kier alpha value is -3.16. The molecule has 0 aliphatic carbocycles. The topological polar surface area (TPSA) is 68.3 Å². The summed E-state index contributed by atoms with van der Waals surface area (Å²) in [5.74, 6) is 0.536. The number of hydrogen-bond acceptors (Lipinski definition) is 3. The van der Waals surface area contributed by atoms with Crippen molar-refractivity contribution < 1.29 is 8.78 Å². The van der Waals surface area contributed by atoms with Gasteiger partial charge in [0.05, 0.1) is 16.7 Å². The van der Waals surface area contributed by atoms with Gasteiger partial charge in [0.15, 0.2) is 5.96 Å². The normalized spacial score (nSPS) is 17.1. The van der Waals surface area contributed by atoms with E-state index in [1.165, 1.54) is 12.1 Å². The highest BCUT2D eigenvalue weighted by Crippen LogP contribution is 2.24. The Kier molecular flexibility index (Phi) is 5.59. The maximum absolute atomic E-state index is 14.0. The summed E-state index contributed by atoms with van der Waals surface area (Å²) < 4.78 is 27.1. The fourth-order valence-electron chi connectivity index (χ4n) is 3.65. The van der Waals surface area contributed by atoms with E-state index in [4.69, 9.17) is 0 Å². The lowest BCUT2D eigenvalue weighted by atomic mass is 10.2. The molecule has 4 rings (SSSR count). The second-order valence-electron chi connectivity index (χ2n) is 7.12. The minimum atomic E-state index is -0.561. The molecule has 152 valence electrons. The zero-order chi connectivity index (χ0) is 20.2. The minimum absolute atomic E-state index is 0.136. The third-order valence-corrected chi connectivity index (χ3v) is 5.10. The molecule has 0 spiro atoms. The molecule has 0 amide bonds. The quantitative estimate of drug-likeness (QED) is 0.457. The van der Waals surface area contributed by atoms with E-state index in [9.17, 15) is 8.78 Å². The highest BCUT2D eigenvalue weighted by Gasteiger charge is 2.25. The van der Waals surface area contributed by atoms with Crippen LogP contribution in [0.15, 0.2) is 47.5 Å². The summed E-state index contributed by atoms with van der Waals surface area (Å²) in [6.07, 6.45) is 1.59. The van der Waals surface area contributed by atoms with Gasteiger partial charge in [0.25, 0.3) is 0 Å². The molecule has 8 heteroatoms. The molecule has 1 fully saturated rings. The average Bonchev–Trinajstić information content (AvgIpc) is 3.33. The first-order valence-electron chi connectivity index (χ1n) is 9.73. The van der Waals surface area contributed by atoms with Crippen LogP contribution in [0.1, 0.15) is 12.2 Å². The number of halogens is 2. The second-order valence-corrected chi connectivity index (χ2v) is 7.12. The number of aromatic amines is 1. The third kappa shape index (κ3) is 4.47. The molecule has 0 saturated carbocycles. The Labute approximate surface area is 168 Å². The van der Waals surface area contributed by atoms with Crippen LogP contribution in [0.3, 0.4) is 0 Å². The van der Waals surface area contributed by atoms with Crippen LogP contribution in [0.5, 0.6) is 0 Å². The predicted molar refractivity (Wildman–Crippen MR) is 111 cm³/mol. The molecule has 1 atom stereocenters. The number of benzene rings is 2. The number of guanidine groups is 1. The zero-order valence-electron chi connectivity index (χ0n) is 16.3. The van der Waals surface area contributed by atoms with Gasteiger partial charge in [-0.25, -0.2) is 13.8 Å². The van der Waals surface area contributed by atoms with Crippen LogP contribution in [0.25, 0.3) is 11.0 Å². The average molecular weight is 398 g/mol. The molecule has 0 radical (unpaired) electrons. The monoisotopic (exact) mass is 398 g/mol. The molecule has 1 unspecified atom stereocenters. The number of aromatic nitrogens is 2. The number of anilines is 1. The first kappa shape index (κ1) is 19.2. The Morgan fingerprint density at radius 1 is 1.28 bits per heavy atom. The zero-order valence-corrected chi connectivity index (χ0v) is 16.3. The fraction of sp³-hybridized carbons (Fsp3) is 0.333. The van der Waals surface area contributed by atoms with E-state index in [1.54, 1.807) is 7.05 Å². The van der Waals surface area contributed by atoms with Crippen molar-refractivity contribution in [2.24, 2.45) is 4.99 Å². The van der Waals surface area contributed by atoms with E-state index >= 15 is 0 Å². The Morgan fingerprint density at radius 2 is 2.14 bits per heavy atom. The molecule has 1 aliphatic rings. The van der Waals surface area contributed by atoms with E-state index in [-0.39, 0.29) is 6.04 Å². The molecular formula is C21H24F2N6. The molecular weight excluding hydrogens is 374 g/mol. The van der Waals surface area contributed by atoms with Crippen LogP contribution in [0.4, 0.5) is 14.5 Å². The fourth-order valence-corrected chi connectivity index (χ4v) is 3.65. The molecule has 2 aromatic carbocycles. The van der Waals surface area contributed by atoms with Crippen molar-refractivity contribution in [1.29, 1.82) is 0 Å². The Bertz CT molecular complexity index is 982. The van der Waals surface area contributed by atoms with E-state index in [0.29, 0.717) is 31.3 Å². The third-order valence-electron chi connectivity index (χ3n) is 5.10. The predicted octanol–water partition coefficient (Wildman–Crippen LogP) is 2.83. The highest BCUT2D eigenvalue weighted by molar-refractivity contribution is 5.80. The van der Waals surface area contributed by atoms with Gasteiger partial charge in [-0.05, 0) is 30.7 Å². The van der Waals surface area contributed by atoms with Crippen molar-refractivity contribution in [2.75, 3.05) is 31.6 Å². The van der Waals surface area contributed by atoms with Crippen LogP contribution < -0.4 is 15.5 Å². The Balaban J connectivity index is 1.28. The summed E-state index contributed by atoms with van der Waals surface area (Å²) in [4.78, 5) is 14.1. The molecule has 3 N–H and O–H groups in total. The lowest BCUT2D eigenvalue weighted by Gasteiger charge is -2.21. The summed E-state index contributed by atoms with van der Waals surface area (Å²) in [5, 5.41) is 6.68. The standard InChI is InChI=1S/C21H24F2N6/c1-24-21(25-10-8-20-27-17-4-2-3-5-18(17)28-20)26-15-9-11-29(13-15)19-7-6-14(22)12-16(19)23/h2-7,12,15H,8-11,13H2,1H3,(H,27,28)(H2,24,25,26). The van der Waals surface area contributed by atoms with Crippen LogP contribution in [0, 0.1) is 11.6 Å². The van der Waals surface area contributed by atoms with Gasteiger partial charge in [0.2, 0.25) is 0 Å². The number of imidazole rings is 1. The van der Waals surface area contributed by atoms with E-state index in [2.05, 4.69) is 25.6 Å². The van der Waals surface area contributed by atoms with Crippen molar-refractivity contribution >= 4 is 22.7 Å². The number of hydrogen-bond donors (Lipinski definition) is 3. The number of fused-ring (bicyclic) bond motifs is 1. The van der Waals surface area contributed by atoms with Crippen LogP contribution in [0.2, 0.25) is 0 Å². The lowest BCUT2D eigenvalue weighted by Crippen LogP contribution is -2.45. The maximum atomic E-state index is 14.0. The summed E-state index contributed by atoms with van der Waals surface area (Å²) in [7, 11) is 1.73. The smallest absolute Gasteiger partial charge is 0.191 e. The highest BCUT2D eigenvalue weighted by atomic mass is 19.1. The number of rotatable bonds is 5. The van der Waals surface area contributed by atoms with E-state index < -0.39 is 11.6 Å². The second kappa shape index (κ2) is 8.46. The number of H-pyrrole nitrogens is 1. The maximum Gasteiger partial charge on any atom is 0.191 e. The molecule has 2 heterocycles. The summed E-state index contributed by atoms with van der Waals surface area (Å²) in [6.45, 7) is 2.02. The molecule has 1 aromatic heterocycles. The van der Waals surface area contributed by atoms with Crippen LogP contribution in [-0.2, 0) is 6.42 Å². The van der Waals surface area contributed by atoms with Crippen LogP contribution >= 0.6 is 0 Å². The van der Waals surface area contributed by atoms with Gasteiger partial charge in [-0.3, -0.25) is 4.99 Å². The van der Waals surface area contributed by atoms with Gasteiger partial charge < -0.3 is 20.5 Å². The molecule has 3 aromatic rings. The molecule has 1 saturated heterocycles. The van der Waals surface area contributed by atoms with Gasteiger partial charge in [-0.1, -0.05) is 12.1 Å². The minimum Gasteiger partial charge on any atom is -0.367 e. The number of para-hydroxylation sites is 2. The van der Waals surface area contributed by atoms with Crippen molar-refractivity contribution in [3.05, 3.63) is 59.9 Å². The summed E-state index contributed by atoms with van der Waals surface area (Å²) >= 11 is 0. The van der Waals surface area contributed by atoms with Gasteiger partial charge >= 0.3 is 0 Å². The van der Waals surface area contributed by atoms with Gasteiger partial charge in [0.1, 0.15) is 17.5 Å². The van der Waals surface area contributed by atoms with Crippen molar-refractivity contribution in [3.63, 3.8) is 0 Å². The molecule has 1 aliphatic heterocycles. The SMILES string of the molecule is CN=C(NCCc1nc2ccccc2[nH]1)NC1CCN(c2ccc(F)cc2F)C1. The first-order chi connectivity index (χ1) is 14.1. The van der Waals surface area contributed by atoms with Crippen molar-refractivity contribution in [3.8, 4) is 0 Å². The van der Waals surface area contributed by atoms with Gasteiger partial charge in [-0.15, -0.1) is 0 Å². The summed E-state index contributed by atoms with van der Waals surface area (Å²) in [5.41, 5.74) is 2.43. The number of nitrogens with one attached hydrogen (secondary N) is 3. The van der Waals surface area contributed by atoms with Gasteiger partial charge in [-0.2, -0.15) is 0 Å². The van der Waals surface area contributed by atoms with Crippen LogP contribution in [-0.4, -0.2) is 48.7 Å². The first-order valence-corrected chi connectivity index (χ1v) is 9.73. The Morgan fingerprint density at radius 3 is 2.93 bits per heavy atom. The van der Waals surface area contributed by atoms with E-state index in [0.717, 1.165) is 35.8 Å². The number of aliphatic imine (C=N–C) groups is 1. The summed E-state index contributed by atoms with van der Waals surface area (Å²) in [6, 6.07) is 11.8. The van der Waals surface area contributed by atoms with Crippen molar-refractivity contribution in [1.82, 2.24) is 20.6 Å². The molecule has 29 heavy (non-hydrogen) atoms. The lowest BCUT2D eigenvalue weighted by molar-refractivity contribution is 0.580. The molecule has 0 bridgehead atoms. The largest absolute Gasteiger partial charge is 0.367 e. The van der Waals surface area contributed by atoms with E-state index in [1.807, 2.05) is 29.2 Å². The number of nitrogens with zero attached hydrogens (tertiary/aromatic N) is 3. The molecule has 6 nitrogen and oxygen atoms in total.